The molecule has 0 fully saturated rings. The van der Waals surface area contributed by atoms with Crippen LogP contribution in [-0.2, 0) is 0 Å². The number of anilines is 3. The first-order valence-corrected chi connectivity index (χ1v) is 19.2. The van der Waals surface area contributed by atoms with Gasteiger partial charge in [0.1, 0.15) is 5.58 Å². The predicted octanol–water partition coefficient (Wildman–Crippen LogP) is 15.5. The minimum Gasteiger partial charge on any atom is -0.454 e. The second kappa shape index (κ2) is 13.2. The van der Waals surface area contributed by atoms with E-state index in [9.17, 15) is 0 Å². The average molecular weight is 714 g/mol. The zero-order valence-corrected chi connectivity index (χ0v) is 30.6. The van der Waals surface area contributed by atoms with E-state index >= 15 is 0 Å². The van der Waals surface area contributed by atoms with Crippen LogP contribution in [0, 0.1) is 0 Å². The van der Waals surface area contributed by atoms with Gasteiger partial charge in [-0.2, -0.15) is 0 Å². The molecule has 1 aromatic heterocycles. The Balaban J connectivity index is 1.33. The first-order chi connectivity index (χ1) is 27.8. The fourth-order valence-electron chi connectivity index (χ4n) is 8.62. The summed E-state index contributed by atoms with van der Waals surface area (Å²) in [4.78, 5) is 2.48. The van der Waals surface area contributed by atoms with Crippen molar-refractivity contribution in [1.82, 2.24) is 0 Å². The molecule has 0 aliphatic carbocycles. The number of benzene rings is 10. The second-order valence-corrected chi connectivity index (χ2v) is 14.5. The van der Waals surface area contributed by atoms with Crippen molar-refractivity contribution in [3.63, 3.8) is 0 Å². The van der Waals surface area contributed by atoms with Gasteiger partial charge in [0.2, 0.25) is 0 Å². The largest absolute Gasteiger partial charge is 0.454 e. The molecule has 0 N–H and O–H groups in total. The van der Waals surface area contributed by atoms with Crippen LogP contribution in [0.15, 0.2) is 217 Å². The van der Waals surface area contributed by atoms with Crippen molar-refractivity contribution in [2.45, 2.75) is 0 Å². The molecule has 11 rings (SSSR count). The van der Waals surface area contributed by atoms with E-state index in [0.717, 1.165) is 72.2 Å². The van der Waals surface area contributed by atoms with Crippen LogP contribution in [0.1, 0.15) is 0 Å². The highest BCUT2D eigenvalue weighted by Crippen LogP contribution is 2.52. The first kappa shape index (κ1) is 32.0. The summed E-state index contributed by atoms with van der Waals surface area (Å²) in [6.45, 7) is 0. The van der Waals surface area contributed by atoms with E-state index in [-0.39, 0.29) is 0 Å². The van der Waals surface area contributed by atoms with E-state index in [4.69, 9.17) is 4.42 Å². The molecular weight excluding hydrogens is 679 g/mol. The average Bonchev–Trinajstić information content (AvgIpc) is 3.66. The number of para-hydroxylation sites is 2. The van der Waals surface area contributed by atoms with Crippen LogP contribution in [0.4, 0.5) is 17.1 Å². The highest BCUT2D eigenvalue weighted by atomic mass is 16.3. The molecule has 11 aromatic rings. The van der Waals surface area contributed by atoms with Crippen molar-refractivity contribution in [2.24, 2.45) is 0 Å². The zero-order valence-electron chi connectivity index (χ0n) is 30.6. The van der Waals surface area contributed by atoms with Crippen LogP contribution >= 0.6 is 0 Å². The van der Waals surface area contributed by atoms with Gasteiger partial charge in [0, 0.05) is 27.4 Å². The van der Waals surface area contributed by atoms with Crippen LogP contribution in [0.5, 0.6) is 0 Å². The zero-order chi connectivity index (χ0) is 37.0. The van der Waals surface area contributed by atoms with Crippen LogP contribution in [0.2, 0.25) is 0 Å². The van der Waals surface area contributed by atoms with E-state index in [1.54, 1.807) is 0 Å². The van der Waals surface area contributed by atoms with Gasteiger partial charge in [-0.25, -0.2) is 0 Å². The lowest BCUT2D eigenvalue weighted by Crippen LogP contribution is -2.13. The Labute approximate surface area is 325 Å². The minimum atomic E-state index is 0.849. The van der Waals surface area contributed by atoms with Gasteiger partial charge in [-0.1, -0.05) is 176 Å². The number of rotatable bonds is 6. The fraction of sp³-hybridized carbons (Fsp3) is 0. The summed E-state index contributed by atoms with van der Waals surface area (Å²) in [5.41, 5.74) is 11.8. The lowest BCUT2D eigenvalue weighted by atomic mass is 9.89. The summed E-state index contributed by atoms with van der Waals surface area (Å²) < 4.78 is 6.90. The molecule has 0 aliphatic rings. The predicted molar refractivity (Wildman–Crippen MR) is 237 cm³/mol. The third-order valence-corrected chi connectivity index (χ3v) is 11.2. The number of fused-ring (bicyclic) bond motifs is 7. The van der Waals surface area contributed by atoms with Crippen molar-refractivity contribution in [1.29, 1.82) is 0 Å². The molecule has 2 nitrogen and oxygen atoms in total. The van der Waals surface area contributed by atoms with Crippen molar-refractivity contribution < 1.29 is 4.42 Å². The Morgan fingerprint density at radius 2 is 0.875 bits per heavy atom. The Bertz CT molecular complexity index is 3190. The van der Waals surface area contributed by atoms with Crippen LogP contribution < -0.4 is 4.90 Å². The van der Waals surface area contributed by atoms with Gasteiger partial charge in [-0.3, -0.25) is 0 Å². The number of furan rings is 1. The molecular formula is C54H35NO. The smallest absolute Gasteiger partial charge is 0.159 e. The Morgan fingerprint density at radius 3 is 1.59 bits per heavy atom. The summed E-state index contributed by atoms with van der Waals surface area (Å²) in [6.07, 6.45) is 0. The van der Waals surface area contributed by atoms with Crippen LogP contribution in [0.25, 0.3) is 87.6 Å². The van der Waals surface area contributed by atoms with Gasteiger partial charge < -0.3 is 9.32 Å². The maximum absolute atomic E-state index is 6.90. The summed E-state index contributed by atoms with van der Waals surface area (Å²) in [7, 11) is 0. The minimum absolute atomic E-state index is 0.849. The van der Waals surface area contributed by atoms with E-state index in [0.29, 0.717) is 0 Å². The summed E-state index contributed by atoms with van der Waals surface area (Å²) in [5.74, 6) is 0. The van der Waals surface area contributed by atoms with E-state index < -0.39 is 0 Å². The molecule has 0 saturated carbocycles. The molecule has 2 heteroatoms. The Morgan fingerprint density at radius 1 is 0.321 bits per heavy atom. The van der Waals surface area contributed by atoms with E-state index in [1.165, 1.54) is 32.5 Å². The SMILES string of the molecule is c1ccc(-c2cc(-c3ccccc3)cc(N(c3c(-c4ccc5ccccc5c4)c4ccccc4c4ccccc34)c3cccc4c3oc3ccccc34)c2)cc1. The van der Waals surface area contributed by atoms with Gasteiger partial charge in [0.05, 0.1) is 11.4 Å². The third-order valence-electron chi connectivity index (χ3n) is 11.2. The Kier molecular flexibility index (Phi) is 7.53. The molecule has 0 amide bonds. The van der Waals surface area contributed by atoms with Gasteiger partial charge in [0.25, 0.3) is 0 Å². The molecule has 1 heterocycles. The maximum atomic E-state index is 6.90. The van der Waals surface area contributed by atoms with Crippen molar-refractivity contribution in [3.8, 4) is 33.4 Å². The quantitative estimate of drug-likeness (QED) is 0.160. The monoisotopic (exact) mass is 713 g/mol. The second-order valence-electron chi connectivity index (χ2n) is 14.5. The van der Waals surface area contributed by atoms with Gasteiger partial charge in [-0.05, 0) is 91.1 Å². The normalized spacial score (nSPS) is 11.6. The van der Waals surface area contributed by atoms with Crippen LogP contribution in [0.3, 0.4) is 0 Å². The van der Waals surface area contributed by atoms with Gasteiger partial charge in [-0.15, -0.1) is 0 Å². The lowest BCUT2D eigenvalue weighted by Gasteiger charge is -2.31. The molecule has 0 radical (unpaired) electrons. The van der Waals surface area contributed by atoms with E-state index in [2.05, 4.69) is 211 Å². The Hall–Kier alpha value is -7.42. The molecule has 0 bridgehead atoms. The number of hydrogen-bond acceptors (Lipinski definition) is 2. The van der Waals surface area contributed by atoms with Crippen LogP contribution in [-0.4, -0.2) is 0 Å². The molecule has 56 heavy (non-hydrogen) atoms. The molecule has 0 spiro atoms. The van der Waals surface area contributed by atoms with Gasteiger partial charge >= 0.3 is 0 Å². The van der Waals surface area contributed by atoms with Crippen molar-refractivity contribution >= 4 is 71.3 Å². The van der Waals surface area contributed by atoms with Gasteiger partial charge in [0.15, 0.2) is 5.58 Å². The number of hydrogen-bond donors (Lipinski definition) is 0. The van der Waals surface area contributed by atoms with Crippen molar-refractivity contribution in [2.75, 3.05) is 4.90 Å². The fourth-order valence-corrected chi connectivity index (χ4v) is 8.62. The highest BCUT2D eigenvalue weighted by Gasteiger charge is 2.27. The summed E-state index contributed by atoms with van der Waals surface area (Å²) in [5, 5.41) is 9.39. The standard InChI is InChI=1S/C54H35NO/c1-3-16-36(17-4-1)41-33-42(37-18-5-2-6-19-37)35-43(34-41)55(50-28-15-27-49-46-24-13-14-29-51(46)56-54(49)50)53-48-26-12-10-23-45(48)44-22-9-11-25-47(44)52(53)40-31-30-38-20-7-8-21-39(38)32-40/h1-35H. The van der Waals surface area contributed by atoms with Crippen molar-refractivity contribution in [3.05, 3.63) is 212 Å². The topological polar surface area (TPSA) is 16.4 Å². The molecule has 0 saturated heterocycles. The highest BCUT2D eigenvalue weighted by molar-refractivity contribution is 6.24. The summed E-state index contributed by atoms with van der Waals surface area (Å²) in [6, 6.07) is 76.6. The molecule has 10 aromatic carbocycles. The molecule has 0 unspecified atom stereocenters. The summed E-state index contributed by atoms with van der Waals surface area (Å²) >= 11 is 0. The molecule has 262 valence electrons. The number of nitrogens with zero attached hydrogens (tertiary/aromatic N) is 1. The van der Waals surface area contributed by atoms with E-state index in [1.807, 2.05) is 6.07 Å². The first-order valence-electron chi connectivity index (χ1n) is 19.2. The maximum Gasteiger partial charge on any atom is 0.159 e. The third kappa shape index (κ3) is 5.26. The molecule has 0 aliphatic heterocycles. The molecule has 0 atom stereocenters. The lowest BCUT2D eigenvalue weighted by molar-refractivity contribution is 0.669.